The summed E-state index contributed by atoms with van der Waals surface area (Å²) in [5, 5.41) is 10.5. The Kier molecular flexibility index (Phi) is 3.17. The van der Waals surface area contributed by atoms with Gasteiger partial charge in [0.25, 0.3) is 0 Å². The van der Waals surface area contributed by atoms with Crippen LogP contribution in [0.3, 0.4) is 0 Å². The largest absolute Gasteiger partial charge is 0.479 e. The number of hydrogen-bond donors (Lipinski definition) is 0. The molecule has 5 nitrogen and oxygen atoms in total. The Morgan fingerprint density at radius 3 is 2.86 bits per heavy atom. The third-order valence-corrected chi connectivity index (χ3v) is 1.62. The molecule has 0 bridgehead atoms. The van der Waals surface area contributed by atoms with Crippen molar-refractivity contribution in [3.63, 3.8) is 0 Å². The molecule has 14 heavy (non-hydrogen) atoms. The molecule has 0 unspecified atom stereocenters. The second-order valence-corrected chi connectivity index (χ2v) is 2.71. The highest BCUT2D eigenvalue weighted by atomic mass is 16.6. The number of aldehydes is 1. The van der Waals surface area contributed by atoms with Crippen molar-refractivity contribution in [3.8, 4) is 5.75 Å². The Hall–Kier alpha value is -1.91. The molecule has 0 fully saturated rings. The fraction of sp³-hybridized carbons (Fsp3) is 0.222. The first-order valence-corrected chi connectivity index (χ1v) is 3.96. The Bertz CT molecular complexity index is 362. The van der Waals surface area contributed by atoms with Crippen molar-refractivity contribution in [1.29, 1.82) is 0 Å². The summed E-state index contributed by atoms with van der Waals surface area (Å²) < 4.78 is 4.92. The Morgan fingerprint density at radius 2 is 2.29 bits per heavy atom. The van der Waals surface area contributed by atoms with Crippen LogP contribution in [0.2, 0.25) is 0 Å². The number of nitro groups is 1. The number of nitro benzene ring substituents is 1. The van der Waals surface area contributed by atoms with E-state index in [0.29, 0.717) is 6.29 Å². The molecule has 0 aliphatic heterocycles. The molecule has 0 aliphatic carbocycles. The lowest BCUT2D eigenvalue weighted by Gasteiger charge is -2.03. The quantitative estimate of drug-likeness (QED) is 0.414. The SMILES string of the molecule is Cc1ccc([N+](=O)[O-])c(OCC=O)c1. The van der Waals surface area contributed by atoms with E-state index >= 15 is 0 Å². The maximum Gasteiger partial charge on any atom is 0.310 e. The number of rotatable bonds is 4. The third-order valence-electron chi connectivity index (χ3n) is 1.62. The molecule has 1 aromatic carbocycles. The van der Waals surface area contributed by atoms with Crippen molar-refractivity contribution in [2.45, 2.75) is 6.92 Å². The van der Waals surface area contributed by atoms with E-state index in [2.05, 4.69) is 0 Å². The van der Waals surface area contributed by atoms with Crippen LogP contribution in [0, 0.1) is 17.0 Å². The zero-order chi connectivity index (χ0) is 10.6. The van der Waals surface area contributed by atoms with Crippen LogP contribution in [0.15, 0.2) is 18.2 Å². The summed E-state index contributed by atoms with van der Waals surface area (Å²) in [5.74, 6) is 0.127. The number of benzene rings is 1. The second kappa shape index (κ2) is 4.36. The molecule has 0 spiro atoms. The molecule has 1 rings (SSSR count). The fourth-order valence-corrected chi connectivity index (χ4v) is 1.01. The summed E-state index contributed by atoms with van der Waals surface area (Å²) in [6, 6.07) is 4.50. The molecule has 0 heterocycles. The van der Waals surface area contributed by atoms with Gasteiger partial charge >= 0.3 is 5.69 Å². The average molecular weight is 195 g/mol. The molecule has 0 aromatic heterocycles. The maximum atomic E-state index is 10.5. The van der Waals surface area contributed by atoms with Crippen LogP contribution in [0.25, 0.3) is 0 Å². The molecule has 0 saturated heterocycles. The summed E-state index contributed by atoms with van der Waals surface area (Å²) in [7, 11) is 0. The highest BCUT2D eigenvalue weighted by Gasteiger charge is 2.14. The number of hydrogen-bond acceptors (Lipinski definition) is 4. The first kappa shape index (κ1) is 10.2. The second-order valence-electron chi connectivity index (χ2n) is 2.71. The molecular weight excluding hydrogens is 186 g/mol. The van der Waals surface area contributed by atoms with Crippen molar-refractivity contribution >= 4 is 12.0 Å². The van der Waals surface area contributed by atoms with Crippen LogP contribution >= 0.6 is 0 Å². The normalized spacial score (nSPS) is 9.50. The third kappa shape index (κ3) is 2.29. The van der Waals surface area contributed by atoms with E-state index in [-0.39, 0.29) is 18.0 Å². The van der Waals surface area contributed by atoms with Crippen LogP contribution < -0.4 is 4.74 Å². The van der Waals surface area contributed by atoms with Crippen LogP contribution in [0.5, 0.6) is 5.75 Å². The molecule has 0 aliphatic rings. The monoisotopic (exact) mass is 195 g/mol. The van der Waals surface area contributed by atoms with E-state index in [1.54, 1.807) is 13.0 Å². The summed E-state index contributed by atoms with van der Waals surface area (Å²) in [6.45, 7) is 1.61. The topological polar surface area (TPSA) is 69.4 Å². The minimum atomic E-state index is -0.542. The van der Waals surface area contributed by atoms with Gasteiger partial charge in [0.1, 0.15) is 6.61 Å². The van der Waals surface area contributed by atoms with Crippen LogP contribution in [-0.4, -0.2) is 17.8 Å². The number of nitrogens with zero attached hydrogens (tertiary/aromatic N) is 1. The zero-order valence-electron chi connectivity index (χ0n) is 7.60. The van der Waals surface area contributed by atoms with Crippen LogP contribution in [0.4, 0.5) is 5.69 Å². The maximum absolute atomic E-state index is 10.5. The van der Waals surface area contributed by atoms with Gasteiger partial charge in [-0.2, -0.15) is 0 Å². The standard InChI is InChI=1S/C9H9NO4/c1-7-2-3-8(10(12)13)9(6-7)14-5-4-11/h2-4,6H,5H2,1H3. The minimum Gasteiger partial charge on any atom is -0.479 e. The van der Waals surface area contributed by atoms with Gasteiger partial charge in [-0.3, -0.25) is 14.9 Å². The predicted molar refractivity (Wildman–Crippen MR) is 49.4 cm³/mol. The summed E-state index contributed by atoms with van der Waals surface area (Å²) in [6.07, 6.45) is 0.548. The number of carbonyl (C=O) groups excluding carboxylic acids is 1. The lowest BCUT2D eigenvalue weighted by molar-refractivity contribution is -0.385. The molecule has 0 saturated carbocycles. The van der Waals surface area contributed by atoms with Gasteiger partial charge in [0.15, 0.2) is 12.0 Å². The molecule has 5 heteroatoms. The van der Waals surface area contributed by atoms with Crippen molar-refractivity contribution in [1.82, 2.24) is 0 Å². The van der Waals surface area contributed by atoms with E-state index in [0.717, 1.165) is 5.56 Å². The number of ether oxygens (including phenoxy) is 1. The van der Waals surface area contributed by atoms with Crippen molar-refractivity contribution in [2.24, 2.45) is 0 Å². The van der Waals surface area contributed by atoms with Gasteiger partial charge in [-0.1, -0.05) is 6.07 Å². The Labute approximate surface area is 80.5 Å². The Balaban J connectivity index is 3.02. The van der Waals surface area contributed by atoms with Gasteiger partial charge in [-0.15, -0.1) is 0 Å². The van der Waals surface area contributed by atoms with Crippen LogP contribution in [-0.2, 0) is 4.79 Å². The molecular formula is C9H9NO4. The van der Waals surface area contributed by atoms with Gasteiger partial charge in [-0.05, 0) is 18.6 Å². The minimum absolute atomic E-state index is 0.127. The Morgan fingerprint density at radius 1 is 1.57 bits per heavy atom. The van der Waals surface area contributed by atoms with E-state index < -0.39 is 4.92 Å². The van der Waals surface area contributed by atoms with Gasteiger partial charge in [0, 0.05) is 6.07 Å². The first-order valence-electron chi connectivity index (χ1n) is 3.96. The highest BCUT2D eigenvalue weighted by molar-refractivity contribution is 5.54. The molecule has 0 N–H and O–H groups in total. The molecule has 0 amide bonds. The lowest BCUT2D eigenvalue weighted by Crippen LogP contribution is -2.01. The predicted octanol–water partition coefficient (Wildman–Crippen LogP) is 1.48. The van der Waals surface area contributed by atoms with Gasteiger partial charge in [0.2, 0.25) is 0 Å². The van der Waals surface area contributed by atoms with Crippen LogP contribution in [0.1, 0.15) is 5.56 Å². The number of aryl methyl sites for hydroxylation is 1. The van der Waals surface area contributed by atoms with Crippen molar-refractivity contribution in [2.75, 3.05) is 6.61 Å². The zero-order valence-corrected chi connectivity index (χ0v) is 7.60. The van der Waals surface area contributed by atoms with E-state index in [1.165, 1.54) is 12.1 Å². The van der Waals surface area contributed by atoms with Crippen molar-refractivity contribution < 1.29 is 14.5 Å². The first-order chi connectivity index (χ1) is 6.65. The summed E-state index contributed by atoms with van der Waals surface area (Å²) >= 11 is 0. The molecule has 0 radical (unpaired) electrons. The van der Waals surface area contributed by atoms with Gasteiger partial charge in [0.05, 0.1) is 4.92 Å². The van der Waals surface area contributed by atoms with Crippen molar-refractivity contribution in [3.05, 3.63) is 33.9 Å². The van der Waals surface area contributed by atoms with E-state index in [9.17, 15) is 14.9 Å². The molecule has 0 atom stereocenters. The molecule has 74 valence electrons. The smallest absolute Gasteiger partial charge is 0.310 e. The van der Waals surface area contributed by atoms with E-state index in [1.807, 2.05) is 0 Å². The number of carbonyl (C=O) groups is 1. The van der Waals surface area contributed by atoms with Gasteiger partial charge < -0.3 is 4.74 Å². The molecule has 1 aromatic rings. The fourth-order valence-electron chi connectivity index (χ4n) is 1.01. The van der Waals surface area contributed by atoms with E-state index in [4.69, 9.17) is 4.74 Å². The van der Waals surface area contributed by atoms with Gasteiger partial charge in [-0.25, -0.2) is 0 Å². The summed E-state index contributed by atoms with van der Waals surface area (Å²) in [4.78, 5) is 20.0. The average Bonchev–Trinajstić information content (AvgIpc) is 2.14. The highest BCUT2D eigenvalue weighted by Crippen LogP contribution is 2.27. The summed E-state index contributed by atoms with van der Waals surface area (Å²) in [5.41, 5.74) is 0.717. The lowest BCUT2D eigenvalue weighted by atomic mass is 10.2.